The van der Waals surface area contributed by atoms with Crippen molar-refractivity contribution in [1.29, 1.82) is 0 Å². The van der Waals surface area contributed by atoms with E-state index in [-0.39, 0.29) is 12.6 Å². The lowest BCUT2D eigenvalue weighted by molar-refractivity contribution is 0.235. The van der Waals surface area contributed by atoms with Gasteiger partial charge in [-0.1, -0.05) is 0 Å². The molecular weight excluding hydrogens is 216 g/mol. The van der Waals surface area contributed by atoms with Crippen LogP contribution in [0.5, 0.6) is 5.75 Å². The fourth-order valence-corrected chi connectivity index (χ4v) is 2.70. The molecular formula is C13H16N2O2. The number of phenolic OH excluding ortho intramolecular Hbond substituents is 1. The second-order valence-corrected chi connectivity index (χ2v) is 4.65. The number of aromatic nitrogens is 1. The van der Waals surface area contributed by atoms with Crippen molar-refractivity contribution in [2.24, 2.45) is 7.05 Å². The molecule has 1 aromatic carbocycles. The third kappa shape index (κ3) is 1.52. The number of fused-ring (bicyclic) bond motifs is 3. The number of aliphatic hydroxyl groups excluding tert-OH is 1. The van der Waals surface area contributed by atoms with E-state index >= 15 is 0 Å². The molecule has 0 amide bonds. The van der Waals surface area contributed by atoms with Crippen LogP contribution in [-0.2, 0) is 20.0 Å². The third-order valence-electron chi connectivity index (χ3n) is 3.65. The maximum atomic E-state index is 9.59. The highest BCUT2D eigenvalue weighted by molar-refractivity contribution is 5.87. The van der Waals surface area contributed by atoms with E-state index in [1.807, 2.05) is 19.2 Å². The first-order chi connectivity index (χ1) is 8.20. The fraction of sp³-hybridized carbons (Fsp3) is 0.385. The predicted molar refractivity (Wildman–Crippen MR) is 66.0 cm³/mol. The summed E-state index contributed by atoms with van der Waals surface area (Å²) in [7, 11) is 2.04. The van der Waals surface area contributed by atoms with Crippen molar-refractivity contribution in [3.05, 3.63) is 29.5 Å². The molecule has 90 valence electrons. The first-order valence-corrected chi connectivity index (χ1v) is 5.84. The highest BCUT2D eigenvalue weighted by atomic mass is 16.3. The largest absolute Gasteiger partial charge is 0.508 e. The van der Waals surface area contributed by atoms with Crippen molar-refractivity contribution in [2.45, 2.75) is 19.0 Å². The Morgan fingerprint density at radius 1 is 1.47 bits per heavy atom. The van der Waals surface area contributed by atoms with E-state index in [4.69, 9.17) is 0 Å². The Hall–Kier alpha value is -1.52. The molecule has 2 aromatic rings. The van der Waals surface area contributed by atoms with Gasteiger partial charge in [-0.15, -0.1) is 0 Å². The summed E-state index contributed by atoms with van der Waals surface area (Å²) in [6, 6.07) is 5.59. The van der Waals surface area contributed by atoms with Gasteiger partial charge in [-0.05, 0) is 30.2 Å². The zero-order valence-corrected chi connectivity index (χ0v) is 9.77. The van der Waals surface area contributed by atoms with Crippen molar-refractivity contribution in [3.63, 3.8) is 0 Å². The van der Waals surface area contributed by atoms with Gasteiger partial charge in [0.1, 0.15) is 5.75 Å². The molecule has 17 heavy (non-hydrogen) atoms. The summed E-state index contributed by atoms with van der Waals surface area (Å²) in [4.78, 5) is 0. The normalized spacial score (nSPS) is 19.5. The van der Waals surface area contributed by atoms with Crippen LogP contribution in [0.4, 0.5) is 0 Å². The van der Waals surface area contributed by atoms with Crippen molar-refractivity contribution in [1.82, 2.24) is 9.88 Å². The number of hydrogen-bond donors (Lipinski definition) is 3. The average molecular weight is 232 g/mol. The van der Waals surface area contributed by atoms with Gasteiger partial charge in [0.05, 0.1) is 6.61 Å². The smallest absolute Gasteiger partial charge is 0.116 e. The van der Waals surface area contributed by atoms with E-state index in [1.54, 1.807) is 6.07 Å². The Morgan fingerprint density at radius 3 is 3.06 bits per heavy atom. The second kappa shape index (κ2) is 3.75. The molecule has 4 nitrogen and oxygen atoms in total. The molecule has 4 heteroatoms. The third-order valence-corrected chi connectivity index (χ3v) is 3.65. The van der Waals surface area contributed by atoms with Crippen molar-refractivity contribution >= 4 is 10.9 Å². The number of nitrogens with one attached hydrogen (secondary N) is 1. The van der Waals surface area contributed by atoms with Crippen LogP contribution in [0.2, 0.25) is 0 Å². The summed E-state index contributed by atoms with van der Waals surface area (Å²) in [6.45, 7) is 0.918. The van der Waals surface area contributed by atoms with Gasteiger partial charge in [0.15, 0.2) is 0 Å². The van der Waals surface area contributed by atoms with Gasteiger partial charge < -0.3 is 20.1 Å². The molecule has 2 heterocycles. The second-order valence-electron chi connectivity index (χ2n) is 4.65. The van der Waals surface area contributed by atoms with E-state index in [9.17, 15) is 10.2 Å². The van der Waals surface area contributed by atoms with E-state index in [2.05, 4.69) is 9.88 Å². The maximum absolute atomic E-state index is 9.59. The summed E-state index contributed by atoms with van der Waals surface area (Å²) in [6.07, 6.45) is 0.812. The Kier molecular flexibility index (Phi) is 2.34. The van der Waals surface area contributed by atoms with E-state index in [0.717, 1.165) is 23.9 Å². The molecule has 3 N–H and O–H groups in total. The number of aliphatic hydroxyl groups is 1. The molecule has 1 aromatic heterocycles. The van der Waals surface area contributed by atoms with Crippen LogP contribution >= 0.6 is 0 Å². The van der Waals surface area contributed by atoms with E-state index in [0.29, 0.717) is 5.75 Å². The lowest BCUT2D eigenvalue weighted by Crippen LogP contribution is -2.38. The van der Waals surface area contributed by atoms with Gasteiger partial charge in [-0.3, -0.25) is 0 Å². The molecule has 0 bridgehead atoms. The van der Waals surface area contributed by atoms with Gasteiger partial charge in [-0.25, -0.2) is 0 Å². The molecule has 1 unspecified atom stereocenters. The number of rotatable bonds is 1. The van der Waals surface area contributed by atoms with Crippen LogP contribution in [0, 0.1) is 0 Å². The van der Waals surface area contributed by atoms with Crippen LogP contribution in [0.3, 0.4) is 0 Å². The van der Waals surface area contributed by atoms with Crippen molar-refractivity contribution < 1.29 is 10.2 Å². The minimum atomic E-state index is 0.121. The molecule has 1 aliphatic heterocycles. The summed E-state index contributed by atoms with van der Waals surface area (Å²) >= 11 is 0. The number of aryl methyl sites for hydroxylation is 1. The minimum Gasteiger partial charge on any atom is -0.508 e. The van der Waals surface area contributed by atoms with Gasteiger partial charge in [-0.2, -0.15) is 0 Å². The topological polar surface area (TPSA) is 57.4 Å². The van der Waals surface area contributed by atoms with Crippen LogP contribution in [-0.4, -0.2) is 27.4 Å². The number of phenols is 1. The zero-order valence-electron chi connectivity index (χ0n) is 9.77. The van der Waals surface area contributed by atoms with Crippen LogP contribution in [0.25, 0.3) is 10.9 Å². The lowest BCUT2D eigenvalue weighted by atomic mass is 9.99. The van der Waals surface area contributed by atoms with Crippen LogP contribution in [0.1, 0.15) is 11.3 Å². The molecule has 0 radical (unpaired) electrons. The van der Waals surface area contributed by atoms with E-state index in [1.165, 1.54) is 11.3 Å². The highest BCUT2D eigenvalue weighted by Crippen LogP contribution is 2.31. The zero-order chi connectivity index (χ0) is 12.0. The Balaban J connectivity index is 2.23. The van der Waals surface area contributed by atoms with Crippen molar-refractivity contribution in [3.8, 4) is 5.75 Å². The summed E-state index contributed by atoms with van der Waals surface area (Å²) in [5, 5.41) is 23.2. The molecule has 3 rings (SSSR count). The molecule has 1 atom stereocenters. The number of hydrogen-bond acceptors (Lipinski definition) is 3. The Labute approximate surface area is 99.5 Å². The number of aromatic hydroxyl groups is 1. The summed E-state index contributed by atoms with van der Waals surface area (Å²) < 4.78 is 2.16. The Morgan fingerprint density at radius 2 is 2.29 bits per heavy atom. The molecule has 0 spiro atoms. The highest BCUT2D eigenvalue weighted by Gasteiger charge is 2.23. The first kappa shape index (κ1) is 10.6. The monoisotopic (exact) mass is 232 g/mol. The average Bonchev–Trinajstić information content (AvgIpc) is 2.62. The standard InChI is InChI=1S/C13H16N2O2/c1-15-12-3-2-9(17)5-11(12)10-4-8(7-16)14-6-13(10)15/h2-3,5,8,14,16-17H,4,6-7H2,1H3. The number of benzene rings is 1. The molecule has 0 aliphatic carbocycles. The van der Waals surface area contributed by atoms with Crippen LogP contribution in [0.15, 0.2) is 18.2 Å². The predicted octanol–water partition coefficient (Wildman–Crippen LogP) is 0.890. The SMILES string of the molecule is Cn1c2c(c3cc(O)ccc31)CC(CO)NC2. The van der Waals surface area contributed by atoms with Gasteiger partial charge in [0, 0.05) is 36.2 Å². The molecule has 0 saturated heterocycles. The maximum Gasteiger partial charge on any atom is 0.116 e. The molecule has 0 saturated carbocycles. The summed E-state index contributed by atoms with van der Waals surface area (Å²) in [5.41, 5.74) is 3.62. The molecule has 1 aliphatic rings. The minimum absolute atomic E-state index is 0.121. The number of nitrogens with zero attached hydrogens (tertiary/aromatic N) is 1. The molecule has 0 fully saturated rings. The van der Waals surface area contributed by atoms with Gasteiger partial charge in [0.2, 0.25) is 0 Å². The Bertz CT molecular complexity index is 574. The van der Waals surface area contributed by atoms with Gasteiger partial charge in [0.25, 0.3) is 0 Å². The van der Waals surface area contributed by atoms with Crippen molar-refractivity contribution in [2.75, 3.05) is 6.61 Å². The van der Waals surface area contributed by atoms with E-state index < -0.39 is 0 Å². The lowest BCUT2D eigenvalue weighted by Gasteiger charge is -2.23. The fourth-order valence-electron chi connectivity index (χ4n) is 2.70. The van der Waals surface area contributed by atoms with Crippen LogP contribution < -0.4 is 5.32 Å². The summed E-state index contributed by atoms with van der Waals surface area (Å²) in [5.74, 6) is 0.296. The quantitative estimate of drug-likeness (QED) is 0.684. The first-order valence-electron chi connectivity index (χ1n) is 5.84. The van der Waals surface area contributed by atoms with Gasteiger partial charge >= 0.3 is 0 Å².